The number of nitrogens with zero attached hydrogens (tertiary/aromatic N) is 1. The minimum Gasteiger partial charge on any atom is -0.394 e. The summed E-state index contributed by atoms with van der Waals surface area (Å²) in [5.41, 5.74) is 2.78. The van der Waals surface area contributed by atoms with E-state index in [1.54, 1.807) is 0 Å². The van der Waals surface area contributed by atoms with Crippen molar-refractivity contribution in [1.29, 1.82) is 0 Å². The second-order valence-electron chi connectivity index (χ2n) is 4.31. The van der Waals surface area contributed by atoms with Crippen LogP contribution in [0.2, 0.25) is 0 Å². The fourth-order valence-corrected chi connectivity index (χ4v) is 2.20. The fraction of sp³-hybridized carbons (Fsp3) is 0.571. The third kappa shape index (κ3) is 3.70. The number of rotatable bonds is 8. The highest BCUT2D eigenvalue weighted by Gasteiger charge is 2.17. The molecule has 1 aliphatic rings. The van der Waals surface area contributed by atoms with Crippen molar-refractivity contribution in [3.63, 3.8) is 0 Å². The van der Waals surface area contributed by atoms with Gasteiger partial charge in [0.25, 0.3) is 0 Å². The Kier molecular flexibility index (Phi) is 5.45. The molecule has 0 bridgehead atoms. The normalized spacial score (nSPS) is 13.9. The molecule has 0 amide bonds. The maximum Gasteiger partial charge on any atom is 0.0701 e. The SMILES string of the molecule is OCCOCCOCCN1CCc2ccccc21. The highest BCUT2D eigenvalue weighted by atomic mass is 16.5. The van der Waals surface area contributed by atoms with E-state index in [4.69, 9.17) is 14.6 Å². The van der Waals surface area contributed by atoms with E-state index in [9.17, 15) is 0 Å². The van der Waals surface area contributed by atoms with Crippen LogP contribution in [0.5, 0.6) is 0 Å². The van der Waals surface area contributed by atoms with Crippen molar-refractivity contribution in [2.24, 2.45) is 0 Å². The molecule has 4 heteroatoms. The molecule has 4 nitrogen and oxygen atoms in total. The van der Waals surface area contributed by atoms with Crippen LogP contribution in [-0.2, 0) is 15.9 Å². The number of benzene rings is 1. The van der Waals surface area contributed by atoms with Gasteiger partial charge in [0, 0.05) is 18.8 Å². The van der Waals surface area contributed by atoms with Crippen LogP contribution >= 0.6 is 0 Å². The molecule has 0 atom stereocenters. The zero-order valence-corrected chi connectivity index (χ0v) is 10.7. The Bertz CT molecular complexity index is 357. The lowest BCUT2D eigenvalue weighted by atomic mass is 10.2. The number of aliphatic hydroxyl groups excluding tert-OH is 1. The summed E-state index contributed by atoms with van der Waals surface area (Å²) in [7, 11) is 0. The Morgan fingerprint density at radius 3 is 2.67 bits per heavy atom. The molecule has 0 fully saturated rings. The van der Waals surface area contributed by atoms with Gasteiger partial charge in [-0.2, -0.15) is 0 Å². The minimum absolute atomic E-state index is 0.0740. The molecular weight excluding hydrogens is 230 g/mol. The maximum atomic E-state index is 8.53. The van der Waals surface area contributed by atoms with E-state index >= 15 is 0 Å². The van der Waals surface area contributed by atoms with Gasteiger partial charge in [-0.1, -0.05) is 18.2 Å². The van der Waals surface area contributed by atoms with E-state index in [-0.39, 0.29) is 6.61 Å². The topological polar surface area (TPSA) is 41.9 Å². The Morgan fingerprint density at radius 1 is 1.06 bits per heavy atom. The van der Waals surface area contributed by atoms with Crippen molar-refractivity contribution in [2.45, 2.75) is 6.42 Å². The van der Waals surface area contributed by atoms with E-state index < -0.39 is 0 Å². The number of ether oxygens (including phenoxy) is 2. The van der Waals surface area contributed by atoms with Gasteiger partial charge in [-0.05, 0) is 18.1 Å². The lowest BCUT2D eigenvalue weighted by Crippen LogP contribution is -2.25. The molecule has 1 N–H and O–H groups in total. The largest absolute Gasteiger partial charge is 0.394 e. The number of hydrogen-bond donors (Lipinski definition) is 1. The zero-order chi connectivity index (χ0) is 12.6. The van der Waals surface area contributed by atoms with Crippen LogP contribution in [0, 0.1) is 0 Å². The van der Waals surface area contributed by atoms with Crippen molar-refractivity contribution in [1.82, 2.24) is 0 Å². The van der Waals surface area contributed by atoms with Crippen molar-refractivity contribution >= 4 is 5.69 Å². The van der Waals surface area contributed by atoms with Gasteiger partial charge in [0.2, 0.25) is 0 Å². The van der Waals surface area contributed by atoms with Gasteiger partial charge < -0.3 is 19.5 Å². The summed E-state index contributed by atoms with van der Waals surface area (Å²) >= 11 is 0. The number of hydrogen-bond acceptors (Lipinski definition) is 4. The zero-order valence-electron chi connectivity index (χ0n) is 10.7. The predicted octanol–water partition coefficient (Wildman–Crippen LogP) is 1.07. The summed E-state index contributed by atoms with van der Waals surface area (Å²) in [4.78, 5) is 2.36. The Labute approximate surface area is 108 Å². The van der Waals surface area contributed by atoms with E-state index in [0.717, 1.165) is 26.1 Å². The molecule has 0 saturated carbocycles. The van der Waals surface area contributed by atoms with Crippen molar-refractivity contribution in [3.05, 3.63) is 29.8 Å². The monoisotopic (exact) mass is 251 g/mol. The second-order valence-corrected chi connectivity index (χ2v) is 4.31. The highest BCUT2D eigenvalue weighted by Crippen LogP contribution is 2.26. The lowest BCUT2D eigenvalue weighted by molar-refractivity contribution is 0.0352. The minimum atomic E-state index is 0.0740. The lowest BCUT2D eigenvalue weighted by Gasteiger charge is -2.19. The molecule has 0 spiro atoms. The molecule has 18 heavy (non-hydrogen) atoms. The van der Waals surface area contributed by atoms with Gasteiger partial charge >= 0.3 is 0 Å². The average Bonchev–Trinajstić information content (AvgIpc) is 2.81. The molecule has 1 aromatic rings. The predicted molar refractivity (Wildman–Crippen MR) is 71.1 cm³/mol. The van der Waals surface area contributed by atoms with Crippen LogP contribution in [0.4, 0.5) is 5.69 Å². The standard InChI is InChI=1S/C14H21NO3/c16-8-10-18-12-11-17-9-7-15-6-5-13-3-1-2-4-14(13)15/h1-4,16H,5-12H2. The van der Waals surface area contributed by atoms with Crippen LogP contribution in [0.3, 0.4) is 0 Å². The van der Waals surface area contributed by atoms with E-state index in [2.05, 4.69) is 29.2 Å². The second kappa shape index (κ2) is 7.36. The Morgan fingerprint density at radius 2 is 1.83 bits per heavy atom. The maximum absolute atomic E-state index is 8.53. The van der Waals surface area contributed by atoms with Crippen molar-refractivity contribution in [3.8, 4) is 0 Å². The number of fused-ring (bicyclic) bond motifs is 1. The van der Waals surface area contributed by atoms with Crippen LogP contribution in [-0.4, -0.2) is 51.2 Å². The van der Waals surface area contributed by atoms with Crippen molar-refractivity contribution in [2.75, 3.05) is 51.0 Å². The molecule has 1 aliphatic heterocycles. The van der Waals surface area contributed by atoms with E-state index in [1.165, 1.54) is 11.3 Å². The number of anilines is 1. The first-order valence-electron chi connectivity index (χ1n) is 6.51. The van der Waals surface area contributed by atoms with Gasteiger partial charge in [0.15, 0.2) is 0 Å². The van der Waals surface area contributed by atoms with Crippen LogP contribution < -0.4 is 4.90 Å². The molecule has 1 heterocycles. The molecule has 2 rings (SSSR count). The number of para-hydroxylation sites is 1. The molecular formula is C14H21NO3. The van der Waals surface area contributed by atoms with Crippen LogP contribution in [0.1, 0.15) is 5.56 Å². The third-order valence-corrected chi connectivity index (χ3v) is 3.10. The van der Waals surface area contributed by atoms with Crippen LogP contribution in [0.15, 0.2) is 24.3 Å². The summed E-state index contributed by atoms with van der Waals surface area (Å²) in [5.74, 6) is 0. The van der Waals surface area contributed by atoms with Gasteiger partial charge in [0.05, 0.1) is 33.0 Å². The Hall–Kier alpha value is -1.10. The molecule has 100 valence electrons. The highest BCUT2D eigenvalue weighted by molar-refractivity contribution is 5.57. The number of aliphatic hydroxyl groups is 1. The summed E-state index contributed by atoms with van der Waals surface area (Å²) in [6, 6.07) is 8.55. The Balaban J connectivity index is 1.61. The summed E-state index contributed by atoms with van der Waals surface area (Å²) in [6.45, 7) is 4.34. The van der Waals surface area contributed by atoms with Gasteiger partial charge in [-0.25, -0.2) is 0 Å². The summed E-state index contributed by atoms with van der Waals surface area (Å²) in [6.07, 6.45) is 1.13. The van der Waals surface area contributed by atoms with E-state index in [1.807, 2.05) is 0 Å². The fourth-order valence-electron chi connectivity index (χ4n) is 2.20. The molecule has 0 unspecified atom stereocenters. The molecule has 0 saturated heterocycles. The van der Waals surface area contributed by atoms with Crippen molar-refractivity contribution < 1.29 is 14.6 Å². The molecule has 0 radical (unpaired) electrons. The van der Waals surface area contributed by atoms with Gasteiger partial charge in [0.1, 0.15) is 0 Å². The smallest absolute Gasteiger partial charge is 0.0701 e. The van der Waals surface area contributed by atoms with Crippen LogP contribution in [0.25, 0.3) is 0 Å². The first-order chi connectivity index (χ1) is 8.92. The van der Waals surface area contributed by atoms with Gasteiger partial charge in [-0.15, -0.1) is 0 Å². The molecule has 1 aromatic carbocycles. The van der Waals surface area contributed by atoms with Gasteiger partial charge in [-0.3, -0.25) is 0 Å². The quantitative estimate of drug-likeness (QED) is 0.702. The summed E-state index contributed by atoms with van der Waals surface area (Å²) < 4.78 is 10.6. The summed E-state index contributed by atoms with van der Waals surface area (Å²) in [5, 5.41) is 8.53. The first-order valence-corrected chi connectivity index (χ1v) is 6.51. The first kappa shape index (κ1) is 13.3. The van der Waals surface area contributed by atoms with E-state index in [0.29, 0.717) is 19.8 Å². The average molecular weight is 251 g/mol. The molecule has 0 aromatic heterocycles. The molecule has 0 aliphatic carbocycles. The third-order valence-electron chi connectivity index (χ3n) is 3.10.